The maximum atomic E-state index is 12.7. The SMILES string of the molecule is Cc1ccccc1Cn1c(NCCO)nc2c1c(=O)n(C)c(=O)n2C. The lowest BCUT2D eigenvalue weighted by Gasteiger charge is -2.12. The van der Waals surface area contributed by atoms with Crippen LogP contribution >= 0.6 is 0 Å². The van der Waals surface area contributed by atoms with Gasteiger partial charge in [0.2, 0.25) is 5.95 Å². The molecule has 25 heavy (non-hydrogen) atoms. The first-order chi connectivity index (χ1) is 12.0. The van der Waals surface area contributed by atoms with E-state index in [0.29, 0.717) is 30.2 Å². The first kappa shape index (κ1) is 17.0. The van der Waals surface area contributed by atoms with E-state index in [2.05, 4.69) is 10.3 Å². The fraction of sp³-hybridized carbons (Fsp3) is 0.353. The second-order valence-electron chi connectivity index (χ2n) is 5.98. The number of rotatable bonds is 5. The number of hydrogen-bond donors (Lipinski definition) is 2. The third-order valence-electron chi connectivity index (χ3n) is 4.33. The smallest absolute Gasteiger partial charge is 0.332 e. The number of anilines is 1. The second kappa shape index (κ2) is 6.56. The van der Waals surface area contributed by atoms with E-state index in [1.807, 2.05) is 31.2 Å². The molecule has 8 nitrogen and oxygen atoms in total. The van der Waals surface area contributed by atoms with Crippen molar-refractivity contribution in [3.05, 3.63) is 56.2 Å². The third-order valence-corrected chi connectivity index (χ3v) is 4.33. The largest absolute Gasteiger partial charge is 0.395 e. The van der Waals surface area contributed by atoms with Gasteiger partial charge in [-0.15, -0.1) is 0 Å². The average molecular weight is 343 g/mol. The van der Waals surface area contributed by atoms with Crippen molar-refractivity contribution in [3.8, 4) is 0 Å². The summed E-state index contributed by atoms with van der Waals surface area (Å²) in [4.78, 5) is 29.3. The third kappa shape index (κ3) is 2.85. The van der Waals surface area contributed by atoms with E-state index >= 15 is 0 Å². The molecule has 8 heteroatoms. The van der Waals surface area contributed by atoms with Gasteiger partial charge in [0, 0.05) is 20.6 Å². The summed E-state index contributed by atoms with van der Waals surface area (Å²) in [5.74, 6) is 0.450. The minimum absolute atomic E-state index is 0.0650. The molecule has 132 valence electrons. The van der Waals surface area contributed by atoms with Gasteiger partial charge in [-0.25, -0.2) is 4.79 Å². The topological polar surface area (TPSA) is 94.1 Å². The Morgan fingerprint density at radius 1 is 1.16 bits per heavy atom. The van der Waals surface area contributed by atoms with E-state index in [9.17, 15) is 9.59 Å². The lowest BCUT2D eigenvalue weighted by Crippen LogP contribution is -2.37. The van der Waals surface area contributed by atoms with Gasteiger partial charge < -0.3 is 10.4 Å². The van der Waals surface area contributed by atoms with Crippen molar-refractivity contribution in [3.63, 3.8) is 0 Å². The molecule has 1 aromatic carbocycles. The number of aliphatic hydroxyl groups is 1. The predicted molar refractivity (Wildman–Crippen MR) is 96.1 cm³/mol. The summed E-state index contributed by atoms with van der Waals surface area (Å²) in [7, 11) is 3.04. The minimum atomic E-state index is -0.424. The summed E-state index contributed by atoms with van der Waals surface area (Å²) in [6, 6.07) is 7.89. The maximum absolute atomic E-state index is 12.7. The van der Waals surface area contributed by atoms with Gasteiger partial charge in [0.05, 0.1) is 13.2 Å². The van der Waals surface area contributed by atoms with Gasteiger partial charge in [0.25, 0.3) is 5.56 Å². The Morgan fingerprint density at radius 2 is 1.88 bits per heavy atom. The number of aromatic nitrogens is 4. The van der Waals surface area contributed by atoms with Crippen LogP contribution in [0.15, 0.2) is 33.9 Å². The second-order valence-corrected chi connectivity index (χ2v) is 5.98. The van der Waals surface area contributed by atoms with Gasteiger partial charge in [-0.1, -0.05) is 24.3 Å². The van der Waals surface area contributed by atoms with Crippen LogP contribution < -0.4 is 16.6 Å². The Morgan fingerprint density at radius 3 is 2.56 bits per heavy atom. The van der Waals surface area contributed by atoms with Gasteiger partial charge in [-0.3, -0.25) is 18.5 Å². The summed E-state index contributed by atoms with van der Waals surface area (Å²) >= 11 is 0. The first-order valence-corrected chi connectivity index (χ1v) is 8.01. The summed E-state index contributed by atoms with van der Waals surface area (Å²) in [5.41, 5.74) is 2.00. The van der Waals surface area contributed by atoms with Crippen molar-refractivity contribution < 1.29 is 5.11 Å². The Hall–Kier alpha value is -2.87. The molecule has 0 saturated heterocycles. The number of aryl methyl sites for hydroxylation is 2. The van der Waals surface area contributed by atoms with Crippen LogP contribution in [0, 0.1) is 6.92 Å². The van der Waals surface area contributed by atoms with E-state index < -0.39 is 11.2 Å². The van der Waals surface area contributed by atoms with Crippen LogP contribution in [0.5, 0.6) is 0 Å². The van der Waals surface area contributed by atoms with Crippen molar-refractivity contribution in [2.75, 3.05) is 18.5 Å². The summed E-state index contributed by atoms with van der Waals surface area (Å²) in [6.07, 6.45) is 0. The van der Waals surface area contributed by atoms with Crippen molar-refractivity contribution in [1.82, 2.24) is 18.7 Å². The van der Waals surface area contributed by atoms with E-state index in [1.165, 1.54) is 11.6 Å². The van der Waals surface area contributed by atoms with E-state index in [4.69, 9.17) is 5.11 Å². The van der Waals surface area contributed by atoms with Crippen molar-refractivity contribution in [1.29, 1.82) is 0 Å². The molecule has 0 spiro atoms. The maximum Gasteiger partial charge on any atom is 0.332 e. The molecular weight excluding hydrogens is 322 g/mol. The fourth-order valence-electron chi connectivity index (χ4n) is 2.86. The average Bonchev–Trinajstić information content (AvgIpc) is 2.96. The molecule has 0 atom stereocenters. The number of nitrogens with zero attached hydrogens (tertiary/aromatic N) is 4. The zero-order valence-corrected chi connectivity index (χ0v) is 14.5. The molecule has 0 fully saturated rings. The number of hydrogen-bond acceptors (Lipinski definition) is 5. The molecule has 0 amide bonds. The minimum Gasteiger partial charge on any atom is -0.395 e. The monoisotopic (exact) mass is 343 g/mol. The Kier molecular flexibility index (Phi) is 4.45. The summed E-state index contributed by atoms with van der Waals surface area (Å²) in [6.45, 7) is 2.67. The standard InChI is InChI=1S/C17H21N5O3/c1-11-6-4-5-7-12(11)10-22-13-14(19-16(22)18-8-9-23)20(2)17(25)21(3)15(13)24/h4-7,23H,8-10H2,1-3H3,(H,18,19). The van der Waals surface area contributed by atoms with Crippen LogP contribution in [-0.4, -0.2) is 36.9 Å². The number of nitrogens with one attached hydrogen (secondary N) is 1. The van der Waals surface area contributed by atoms with Crippen LogP contribution in [0.2, 0.25) is 0 Å². The molecule has 3 aromatic rings. The molecule has 2 aromatic heterocycles. The zero-order valence-electron chi connectivity index (χ0n) is 14.5. The number of imidazole rings is 1. The van der Waals surface area contributed by atoms with Gasteiger partial charge >= 0.3 is 5.69 Å². The molecule has 2 N–H and O–H groups in total. The highest BCUT2D eigenvalue weighted by molar-refractivity contribution is 5.74. The van der Waals surface area contributed by atoms with Gasteiger partial charge in [-0.05, 0) is 18.1 Å². The Balaban J connectivity index is 2.29. The van der Waals surface area contributed by atoms with Crippen LogP contribution in [0.25, 0.3) is 11.2 Å². The highest BCUT2D eigenvalue weighted by Gasteiger charge is 2.19. The van der Waals surface area contributed by atoms with Gasteiger partial charge in [-0.2, -0.15) is 4.98 Å². The van der Waals surface area contributed by atoms with Gasteiger partial charge in [0.1, 0.15) is 0 Å². The predicted octanol–water partition coefficient (Wildman–Crippen LogP) is 0.195. The van der Waals surface area contributed by atoms with Crippen molar-refractivity contribution >= 4 is 17.1 Å². The molecule has 0 aliphatic carbocycles. The van der Waals surface area contributed by atoms with Crippen LogP contribution in [0.3, 0.4) is 0 Å². The molecule has 2 heterocycles. The Labute approximate surface area is 144 Å². The summed E-state index contributed by atoms with van der Waals surface area (Å²) in [5, 5.41) is 12.1. The molecule has 0 radical (unpaired) electrons. The normalized spacial score (nSPS) is 11.2. The molecule has 0 aliphatic rings. The van der Waals surface area contributed by atoms with E-state index in [1.54, 1.807) is 11.6 Å². The first-order valence-electron chi connectivity index (χ1n) is 8.01. The highest BCUT2D eigenvalue weighted by atomic mass is 16.3. The number of benzene rings is 1. The zero-order chi connectivity index (χ0) is 18.1. The molecule has 0 unspecified atom stereocenters. The van der Waals surface area contributed by atoms with Crippen molar-refractivity contribution in [2.45, 2.75) is 13.5 Å². The van der Waals surface area contributed by atoms with E-state index in [0.717, 1.165) is 15.7 Å². The lowest BCUT2D eigenvalue weighted by molar-refractivity contribution is 0.310. The molecule has 0 saturated carbocycles. The molecule has 0 aliphatic heterocycles. The van der Waals surface area contributed by atoms with Crippen LogP contribution in [-0.2, 0) is 20.6 Å². The molecule has 0 bridgehead atoms. The van der Waals surface area contributed by atoms with E-state index in [-0.39, 0.29) is 6.61 Å². The lowest BCUT2D eigenvalue weighted by atomic mass is 10.1. The number of aliphatic hydroxyl groups excluding tert-OH is 1. The summed E-state index contributed by atoms with van der Waals surface area (Å²) < 4.78 is 4.19. The number of fused-ring (bicyclic) bond motifs is 1. The molecular formula is C17H21N5O3. The van der Waals surface area contributed by atoms with Gasteiger partial charge in [0.15, 0.2) is 11.2 Å². The quantitative estimate of drug-likeness (QED) is 0.690. The van der Waals surface area contributed by atoms with Crippen LogP contribution in [0.1, 0.15) is 11.1 Å². The molecule has 3 rings (SSSR count). The Bertz CT molecular complexity index is 1040. The highest BCUT2D eigenvalue weighted by Crippen LogP contribution is 2.19. The van der Waals surface area contributed by atoms with Crippen LogP contribution in [0.4, 0.5) is 5.95 Å². The van der Waals surface area contributed by atoms with Crippen molar-refractivity contribution in [2.24, 2.45) is 14.1 Å². The fourth-order valence-corrected chi connectivity index (χ4v) is 2.86.